The second kappa shape index (κ2) is 6.18. The molecule has 0 bridgehead atoms. The molecule has 22 heavy (non-hydrogen) atoms. The van der Waals surface area contributed by atoms with E-state index < -0.39 is 10.0 Å². The van der Waals surface area contributed by atoms with Crippen LogP contribution in [0.1, 0.15) is 17.3 Å². The maximum absolute atomic E-state index is 12.3. The number of hydrogen-bond donors (Lipinski definition) is 1. The molecular weight excluding hydrogens is 324 g/mol. The third kappa shape index (κ3) is 3.27. The first-order chi connectivity index (χ1) is 10.3. The molecule has 0 fully saturated rings. The minimum absolute atomic E-state index is 0.0291. The number of ketones is 1. The van der Waals surface area contributed by atoms with E-state index in [0.717, 1.165) is 0 Å². The lowest BCUT2D eigenvalue weighted by Crippen LogP contribution is -2.13. The zero-order valence-corrected chi connectivity index (χ0v) is 13.1. The van der Waals surface area contributed by atoms with Crippen LogP contribution < -0.4 is 4.72 Å². The Morgan fingerprint density at radius 3 is 2.50 bits per heavy atom. The van der Waals surface area contributed by atoms with E-state index in [1.54, 1.807) is 6.07 Å². The number of para-hydroxylation sites is 1. The third-order valence-corrected chi connectivity index (χ3v) is 4.62. The van der Waals surface area contributed by atoms with Gasteiger partial charge in [0.05, 0.1) is 22.2 Å². The normalized spacial score (nSPS) is 10.8. The van der Waals surface area contributed by atoms with Crippen LogP contribution in [0.5, 0.6) is 0 Å². The van der Waals surface area contributed by atoms with Crippen LogP contribution in [0.25, 0.3) is 4.85 Å². The van der Waals surface area contributed by atoms with Crippen LogP contribution in [0.15, 0.2) is 47.4 Å². The SMILES string of the molecule is [C-]#[N+]c1ccccc1S(=O)(=O)Nc1ccc(C(C)=O)c(Cl)c1. The van der Waals surface area contributed by atoms with Crippen LogP contribution in [0, 0.1) is 6.57 Å². The van der Waals surface area contributed by atoms with Gasteiger partial charge in [-0.25, -0.2) is 13.3 Å². The fraction of sp³-hybridized carbons (Fsp3) is 0.0667. The van der Waals surface area contributed by atoms with Crippen molar-refractivity contribution in [1.82, 2.24) is 0 Å². The average Bonchev–Trinajstić information content (AvgIpc) is 2.46. The molecule has 0 aliphatic carbocycles. The largest absolute Gasteiger partial charge is 0.294 e. The van der Waals surface area contributed by atoms with Gasteiger partial charge in [-0.05, 0) is 25.1 Å². The molecule has 0 aromatic heterocycles. The number of carbonyl (C=O) groups excluding carboxylic acids is 1. The number of benzene rings is 2. The average molecular weight is 335 g/mol. The van der Waals surface area contributed by atoms with Crippen molar-refractivity contribution in [2.45, 2.75) is 11.8 Å². The van der Waals surface area contributed by atoms with E-state index in [0.29, 0.717) is 5.56 Å². The molecule has 0 saturated carbocycles. The summed E-state index contributed by atoms with van der Waals surface area (Å²) in [5.74, 6) is -0.210. The second-order valence-electron chi connectivity index (χ2n) is 4.44. The topological polar surface area (TPSA) is 67.6 Å². The van der Waals surface area contributed by atoms with Gasteiger partial charge in [-0.1, -0.05) is 35.9 Å². The number of hydrogen-bond acceptors (Lipinski definition) is 3. The Balaban J connectivity index is 2.40. The third-order valence-electron chi connectivity index (χ3n) is 2.88. The molecule has 0 aliphatic rings. The van der Waals surface area contributed by atoms with E-state index in [-0.39, 0.29) is 27.1 Å². The summed E-state index contributed by atoms with van der Waals surface area (Å²) in [7, 11) is -3.91. The zero-order chi connectivity index (χ0) is 16.3. The van der Waals surface area contributed by atoms with Gasteiger partial charge in [-0.3, -0.25) is 9.52 Å². The smallest absolute Gasteiger partial charge is 0.252 e. The first-order valence-corrected chi connectivity index (χ1v) is 8.01. The summed E-state index contributed by atoms with van der Waals surface area (Å²) >= 11 is 5.95. The number of sulfonamides is 1. The zero-order valence-electron chi connectivity index (χ0n) is 11.5. The Kier molecular flexibility index (Phi) is 4.50. The van der Waals surface area contributed by atoms with Gasteiger partial charge in [-0.15, -0.1) is 0 Å². The van der Waals surface area contributed by atoms with E-state index in [1.807, 2.05) is 0 Å². The lowest BCUT2D eigenvalue weighted by Gasteiger charge is -2.10. The maximum atomic E-state index is 12.3. The molecule has 0 heterocycles. The Morgan fingerprint density at radius 2 is 1.91 bits per heavy atom. The summed E-state index contributed by atoms with van der Waals surface area (Å²) in [5, 5.41) is 0.158. The maximum Gasteiger partial charge on any atom is 0.252 e. The first-order valence-electron chi connectivity index (χ1n) is 6.15. The van der Waals surface area contributed by atoms with Gasteiger partial charge < -0.3 is 0 Å². The number of Topliss-reactive ketones (excluding diaryl/α,β-unsaturated/α-hetero) is 1. The standard InChI is InChI=1S/C15H11ClN2O3S/c1-10(19)12-8-7-11(9-13(12)16)18-22(20,21)15-6-4-3-5-14(15)17-2/h3-9,18H,1H3. The summed E-state index contributed by atoms with van der Waals surface area (Å²) in [5.41, 5.74) is 0.558. The number of rotatable bonds is 4. The highest BCUT2D eigenvalue weighted by atomic mass is 35.5. The Bertz CT molecular complexity index is 886. The van der Waals surface area contributed by atoms with Crippen LogP contribution in [0.2, 0.25) is 5.02 Å². The molecule has 5 nitrogen and oxygen atoms in total. The highest BCUT2D eigenvalue weighted by Gasteiger charge is 2.19. The highest BCUT2D eigenvalue weighted by Crippen LogP contribution is 2.27. The molecular formula is C15H11ClN2O3S. The minimum atomic E-state index is -3.91. The lowest BCUT2D eigenvalue weighted by atomic mass is 10.1. The molecule has 0 spiro atoms. The Labute approximate surface area is 133 Å². The van der Waals surface area contributed by atoms with Crippen molar-refractivity contribution in [2.24, 2.45) is 0 Å². The summed E-state index contributed by atoms with van der Waals surface area (Å²) in [6, 6.07) is 10.1. The molecule has 0 amide bonds. The van der Waals surface area contributed by atoms with E-state index in [1.165, 1.54) is 43.3 Å². The summed E-state index contributed by atoms with van der Waals surface area (Å²) in [4.78, 5) is 14.4. The van der Waals surface area contributed by atoms with Crippen LogP contribution in [-0.4, -0.2) is 14.2 Å². The number of nitrogens with zero attached hydrogens (tertiary/aromatic N) is 1. The van der Waals surface area contributed by atoms with Crippen molar-refractivity contribution in [1.29, 1.82) is 0 Å². The molecule has 112 valence electrons. The predicted molar refractivity (Wildman–Crippen MR) is 85.0 cm³/mol. The molecule has 2 rings (SSSR count). The predicted octanol–water partition coefficient (Wildman–Crippen LogP) is 3.89. The van der Waals surface area contributed by atoms with Crippen molar-refractivity contribution in [2.75, 3.05) is 4.72 Å². The number of nitrogens with one attached hydrogen (secondary N) is 1. The van der Waals surface area contributed by atoms with Crippen LogP contribution in [0.4, 0.5) is 11.4 Å². The van der Waals surface area contributed by atoms with Gasteiger partial charge in [-0.2, -0.15) is 0 Å². The van der Waals surface area contributed by atoms with E-state index >= 15 is 0 Å². The number of halogens is 1. The monoisotopic (exact) mass is 334 g/mol. The Hall–Kier alpha value is -2.36. The lowest BCUT2D eigenvalue weighted by molar-refractivity contribution is 0.101. The molecule has 2 aromatic carbocycles. The van der Waals surface area contributed by atoms with Crippen LogP contribution in [-0.2, 0) is 10.0 Å². The number of anilines is 1. The molecule has 7 heteroatoms. The fourth-order valence-electron chi connectivity index (χ4n) is 1.85. The van der Waals surface area contributed by atoms with Gasteiger partial charge in [0, 0.05) is 5.56 Å². The Morgan fingerprint density at radius 1 is 1.23 bits per heavy atom. The van der Waals surface area contributed by atoms with E-state index in [4.69, 9.17) is 18.2 Å². The quantitative estimate of drug-likeness (QED) is 0.681. The van der Waals surface area contributed by atoms with Crippen molar-refractivity contribution >= 4 is 38.8 Å². The molecule has 1 N–H and O–H groups in total. The molecule has 0 saturated heterocycles. The minimum Gasteiger partial charge on any atom is -0.294 e. The van der Waals surface area contributed by atoms with Crippen LogP contribution in [0.3, 0.4) is 0 Å². The summed E-state index contributed by atoms with van der Waals surface area (Å²) in [6.45, 7) is 8.40. The number of carbonyl (C=O) groups is 1. The molecule has 0 aliphatic heterocycles. The first kappa shape index (κ1) is 16.0. The van der Waals surface area contributed by atoms with Gasteiger partial charge in [0.25, 0.3) is 10.0 Å². The van der Waals surface area contributed by atoms with E-state index in [9.17, 15) is 13.2 Å². The summed E-state index contributed by atoms with van der Waals surface area (Å²) in [6.07, 6.45) is 0. The van der Waals surface area contributed by atoms with Crippen LogP contribution >= 0.6 is 11.6 Å². The molecule has 0 radical (unpaired) electrons. The molecule has 0 unspecified atom stereocenters. The van der Waals surface area contributed by atoms with Gasteiger partial charge in [0.15, 0.2) is 5.78 Å². The van der Waals surface area contributed by atoms with Gasteiger partial charge in [0.2, 0.25) is 5.69 Å². The van der Waals surface area contributed by atoms with E-state index in [2.05, 4.69) is 9.57 Å². The van der Waals surface area contributed by atoms with Crippen molar-refractivity contribution in [3.8, 4) is 0 Å². The fourth-order valence-corrected chi connectivity index (χ4v) is 3.36. The van der Waals surface area contributed by atoms with Crippen molar-refractivity contribution in [3.05, 3.63) is 64.5 Å². The van der Waals surface area contributed by atoms with Crippen molar-refractivity contribution in [3.63, 3.8) is 0 Å². The second-order valence-corrected chi connectivity index (χ2v) is 6.49. The molecule has 2 aromatic rings. The summed E-state index contributed by atoms with van der Waals surface area (Å²) < 4.78 is 27.0. The highest BCUT2D eigenvalue weighted by molar-refractivity contribution is 7.92. The molecule has 0 atom stereocenters. The van der Waals surface area contributed by atoms with Gasteiger partial charge >= 0.3 is 0 Å². The van der Waals surface area contributed by atoms with Crippen molar-refractivity contribution < 1.29 is 13.2 Å². The van der Waals surface area contributed by atoms with Gasteiger partial charge in [0.1, 0.15) is 0 Å².